The second-order valence-corrected chi connectivity index (χ2v) is 6.74. The average molecular weight is 484 g/mol. The maximum absolute atomic E-state index is 12.8. The van der Waals surface area contributed by atoms with Crippen LogP contribution in [0.15, 0.2) is 42.9 Å². The van der Waals surface area contributed by atoms with Gasteiger partial charge in [-0.1, -0.05) is 23.2 Å². The van der Waals surface area contributed by atoms with E-state index in [0.717, 1.165) is 4.57 Å². The fourth-order valence-corrected chi connectivity index (χ4v) is 2.85. The zero-order valence-corrected chi connectivity index (χ0v) is 16.3. The Hall–Kier alpha value is -2.99. The van der Waals surface area contributed by atoms with Gasteiger partial charge in [0.15, 0.2) is 11.6 Å². The number of aromatic nitrogens is 3. The van der Waals surface area contributed by atoms with Crippen LogP contribution in [-0.4, -0.2) is 20.4 Å². The second kappa shape index (κ2) is 8.27. The Labute approximate surface area is 179 Å². The van der Waals surface area contributed by atoms with Crippen molar-refractivity contribution in [2.75, 3.05) is 5.43 Å². The summed E-state index contributed by atoms with van der Waals surface area (Å²) >= 11 is 11.6. The van der Waals surface area contributed by atoms with Gasteiger partial charge in [0.1, 0.15) is 5.69 Å². The molecule has 0 atom stereocenters. The van der Waals surface area contributed by atoms with E-state index in [2.05, 4.69) is 20.8 Å². The third-order valence-corrected chi connectivity index (χ3v) is 4.39. The molecular weight excluding hydrogens is 475 g/mol. The first kappa shape index (κ1) is 22.7. The predicted octanol–water partition coefficient (Wildman–Crippen LogP) is 5.37. The summed E-state index contributed by atoms with van der Waals surface area (Å²) in [6, 6.07) is 4.01. The molecule has 3 heterocycles. The van der Waals surface area contributed by atoms with Gasteiger partial charge >= 0.3 is 12.4 Å². The summed E-state index contributed by atoms with van der Waals surface area (Å²) in [5, 5.41) is -0.765. The van der Waals surface area contributed by atoms with Crippen molar-refractivity contribution in [1.82, 2.24) is 20.0 Å². The van der Waals surface area contributed by atoms with E-state index in [-0.39, 0.29) is 22.4 Å². The van der Waals surface area contributed by atoms with Gasteiger partial charge in [-0.15, -0.1) is 0 Å². The number of rotatable bonds is 4. The zero-order chi connectivity index (χ0) is 23.0. The van der Waals surface area contributed by atoms with Gasteiger partial charge < -0.3 is 0 Å². The number of hydrogen-bond acceptors (Lipinski definition) is 4. The van der Waals surface area contributed by atoms with Crippen LogP contribution in [0.25, 0.3) is 5.82 Å². The van der Waals surface area contributed by atoms with Crippen LogP contribution in [0.4, 0.5) is 32.2 Å². The van der Waals surface area contributed by atoms with E-state index in [4.69, 9.17) is 23.2 Å². The van der Waals surface area contributed by atoms with Gasteiger partial charge in [0.2, 0.25) is 0 Å². The summed E-state index contributed by atoms with van der Waals surface area (Å²) < 4.78 is 77.4. The largest absolute Gasteiger partial charge is 0.417 e. The van der Waals surface area contributed by atoms with Crippen LogP contribution < -0.4 is 10.9 Å². The molecule has 0 unspecified atom stereocenters. The molecule has 0 saturated heterocycles. The molecule has 0 aliphatic rings. The van der Waals surface area contributed by atoms with Crippen LogP contribution in [0.2, 0.25) is 10.0 Å². The molecule has 14 heteroatoms. The molecule has 0 saturated carbocycles. The van der Waals surface area contributed by atoms with Crippen molar-refractivity contribution in [3.63, 3.8) is 0 Å². The molecule has 0 bridgehead atoms. The zero-order valence-electron chi connectivity index (χ0n) is 14.8. The van der Waals surface area contributed by atoms with Gasteiger partial charge in [0, 0.05) is 18.6 Å². The number of hydrogen-bond donors (Lipinski definition) is 2. The van der Waals surface area contributed by atoms with Crippen LogP contribution in [0.5, 0.6) is 0 Å². The van der Waals surface area contributed by atoms with E-state index in [1.54, 1.807) is 0 Å². The minimum Gasteiger partial charge on any atom is -0.295 e. The van der Waals surface area contributed by atoms with Crippen molar-refractivity contribution in [2.24, 2.45) is 0 Å². The highest BCUT2D eigenvalue weighted by molar-refractivity contribution is 6.33. The first-order valence-electron chi connectivity index (χ1n) is 8.07. The second-order valence-electron chi connectivity index (χ2n) is 5.92. The van der Waals surface area contributed by atoms with Crippen LogP contribution in [0, 0.1) is 0 Å². The molecule has 1 amide bonds. The Balaban J connectivity index is 1.79. The van der Waals surface area contributed by atoms with Gasteiger partial charge in [0.25, 0.3) is 5.91 Å². The Kier molecular flexibility index (Phi) is 6.05. The van der Waals surface area contributed by atoms with Crippen LogP contribution in [0.3, 0.4) is 0 Å². The molecule has 31 heavy (non-hydrogen) atoms. The van der Waals surface area contributed by atoms with Crippen LogP contribution in [-0.2, 0) is 12.4 Å². The molecule has 2 N–H and O–H groups in total. The highest BCUT2D eigenvalue weighted by Gasteiger charge is 2.32. The Morgan fingerprint density at radius 3 is 2.06 bits per heavy atom. The number of hydrazine groups is 1. The third kappa shape index (κ3) is 5.02. The Morgan fingerprint density at radius 1 is 0.935 bits per heavy atom. The van der Waals surface area contributed by atoms with Gasteiger partial charge in [0.05, 0.1) is 21.2 Å². The monoisotopic (exact) mass is 483 g/mol. The lowest BCUT2D eigenvalue weighted by atomic mass is 10.2. The van der Waals surface area contributed by atoms with E-state index >= 15 is 0 Å². The maximum Gasteiger partial charge on any atom is 0.417 e. The first-order chi connectivity index (χ1) is 14.4. The highest BCUT2D eigenvalue weighted by Crippen LogP contribution is 2.33. The summed E-state index contributed by atoms with van der Waals surface area (Å²) in [6.45, 7) is 0. The molecule has 0 aliphatic heterocycles. The number of nitrogens with zero attached hydrogens (tertiary/aromatic N) is 3. The lowest BCUT2D eigenvalue weighted by Crippen LogP contribution is -2.31. The fourth-order valence-electron chi connectivity index (χ4n) is 2.38. The molecule has 0 fully saturated rings. The van der Waals surface area contributed by atoms with Crippen molar-refractivity contribution in [1.29, 1.82) is 0 Å². The summed E-state index contributed by atoms with van der Waals surface area (Å²) in [5.74, 6) is -1.22. The summed E-state index contributed by atoms with van der Waals surface area (Å²) in [6.07, 6.45) is -6.88. The number of pyridine rings is 2. The van der Waals surface area contributed by atoms with Crippen molar-refractivity contribution < 1.29 is 31.1 Å². The van der Waals surface area contributed by atoms with E-state index in [1.807, 2.05) is 0 Å². The first-order valence-corrected chi connectivity index (χ1v) is 8.83. The van der Waals surface area contributed by atoms with Gasteiger partial charge in [-0.25, -0.2) is 9.97 Å². The Morgan fingerprint density at radius 2 is 1.52 bits per heavy atom. The summed E-state index contributed by atoms with van der Waals surface area (Å²) in [7, 11) is 0. The number of halogens is 8. The standard InChI is InChI=1S/C17H9Cl2F6N5O/c18-10-4-8(16(20,21)22)6-26-13(10)28-29-15(31)12-2-1-3-30(12)14-11(19)5-9(7-27-14)17(23,24)25/h1-7H,(H,26,28)(H,29,31). The number of nitrogens with one attached hydrogen (secondary N) is 2. The summed E-state index contributed by atoms with van der Waals surface area (Å²) in [5.41, 5.74) is 2.22. The fraction of sp³-hybridized carbons (Fsp3) is 0.118. The molecule has 0 radical (unpaired) electrons. The molecule has 0 spiro atoms. The minimum atomic E-state index is -4.65. The molecule has 3 aromatic heterocycles. The van der Waals surface area contributed by atoms with E-state index in [9.17, 15) is 31.1 Å². The lowest BCUT2D eigenvalue weighted by Gasteiger charge is -2.14. The molecule has 3 aromatic rings. The lowest BCUT2D eigenvalue weighted by molar-refractivity contribution is -0.138. The molecule has 0 aliphatic carbocycles. The van der Waals surface area contributed by atoms with Crippen molar-refractivity contribution in [3.8, 4) is 5.82 Å². The van der Waals surface area contributed by atoms with Gasteiger partial charge in [-0.05, 0) is 24.3 Å². The number of carbonyl (C=O) groups is 1. The number of amides is 1. The van der Waals surface area contributed by atoms with Crippen molar-refractivity contribution >= 4 is 34.9 Å². The predicted molar refractivity (Wildman–Crippen MR) is 98.9 cm³/mol. The maximum atomic E-state index is 12.8. The quantitative estimate of drug-likeness (QED) is 0.386. The number of anilines is 1. The Bertz CT molecular complexity index is 1130. The van der Waals surface area contributed by atoms with Gasteiger partial charge in [-0.2, -0.15) is 26.3 Å². The molecular formula is C17H9Cl2F6N5O. The van der Waals surface area contributed by atoms with Crippen molar-refractivity contribution in [2.45, 2.75) is 12.4 Å². The van der Waals surface area contributed by atoms with E-state index in [0.29, 0.717) is 24.5 Å². The molecule has 0 aromatic carbocycles. The smallest absolute Gasteiger partial charge is 0.295 e. The van der Waals surface area contributed by atoms with Crippen molar-refractivity contribution in [3.05, 3.63) is 69.7 Å². The molecule has 164 valence electrons. The number of carbonyl (C=O) groups excluding carboxylic acids is 1. The SMILES string of the molecule is O=C(NNc1ncc(C(F)(F)F)cc1Cl)c1cccn1-c1ncc(C(F)(F)F)cc1Cl. The highest BCUT2D eigenvalue weighted by atomic mass is 35.5. The third-order valence-electron chi connectivity index (χ3n) is 3.82. The minimum absolute atomic E-state index is 0.0929. The van der Waals surface area contributed by atoms with E-state index < -0.39 is 34.4 Å². The van der Waals surface area contributed by atoms with Crippen LogP contribution in [0.1, 0.15) is 21.6 Å². The molecule has 3 rings (SSSR count). The summed E-state index contributed by atoms with van der Waals surface area (Å²) in [4.78, 5) is 19.6. The normalized spacial score (nSPS) is 12.0. The van der Waals surface area contributed by atoms with E-state index in [1.165, 1.54) is 18.3 Å². The number of alkyl halides is 6. The average Bonchev–Trinajstić information content (AvgIpc) is 3.14. The van der Waals surface area contributed by atoms with Gasteiger partial charge in [-0.3, -0.25) is 20.2 Å². The topological polar surface area (TPSA) is 71.8 Å². The molecule has 6 nitrogen and oxygen atoms in total. The van der Waals surface area contributed by atoms with Crippen LogP contribution >= 0.6 is 23.2 Å².